The maximum atomic E-state index is 9.40. The third-order valence-corrected chi connectivity index (χ3v) is 4.18. The molecule has 1 aromatic carbocycles. The van der Waals surface area contributed by atoms with Gasteiger partial charge in [-0.25, -0.2) is 4.98 Å². The second kappa shape index (κ2) is 4.61. The lowest BCUT2D eigenvalue weighted by molar-refractivity contribution is 0.277. The standard InChI is InChI=1S/C17H16N4O/c1-9-12-6-10(2-3-14(12)20-15(9)8-22)13-7-16(18)21-17-11(13)4-5-19-17/h2-7,20,22H,8H2,1H3,(H3,18,19,21). The molecule has 22 heavy (non-hydrogen) atoms. The Morgan fingerprint density at radius 3 is 2.86 bits per heavy atom. The van der Waals surface area contributed by atoms with Gasteiger partial charge < -0.3 is 20.8 Å². The van der Waals surface area contributed by atoms with Gasteiger partial charge in [0.25, 0.3) is 0 Å². The number of aliphatic hydroxyl groups is 1. The average Bonchev–Trinajstić information content (AvgIpc) is 3.10. The maximum Gasteiger partial charge on any atom is 0.140 e. The van der Waals surface area contributed by atoms with Crippen LogP contribution in [-0.2, 0) is 6.61 Å². The molecule has 0 fully saturated rings. The molecule has 4 aromatic rings. The monoisotopic (exact) mass is 292 g/mol. The summed E-state index contributed by atoms with van der Waals surface area (Å²) in [6.07, 6.45) is 1.87. The number of nitrogen functional groups attached to an aromatic ring is 1. The van der Waals surface area contributed by atoms with Gasteiger partial charge in [-0.15, -0.1) is 0 Å². The number of fused-ring (bicyclic) bond motifs is 2. The number of aryl methyl sites for hydroxylation is 1. The number of aromatic nitrogens is 3. The van der Waals surface area contributed by atoms with Gasteiger partial charge in [0.1, 0.15) is 11.5 Å². The van der Waals surface area contributed by atoms with Crippen LogP contribution in [0.1, 0.15) is 11.3 Å². The van der Waals surface area contributed by atoms with Gasteiger partial charge in [-0.3, -0.25) is 0 Å². The predicted molar refractivity (Wildman–Crippen MR) is 88.5 cm³/mol. The number of aliphatic hydroxyl groups excluding tert-OH is 1. The summed E-state index contributed by atoms with van der Waals surface area (Å²) in [5.41, 5.74) is 11.8. The van der Waals surface area contributed by atoms with Crippen LogP contribution in [0.3, 0.4) is 0 Å². The van der Waals surface area contributed by atoms with Gasteiger partial charge in [0, 0.05) is 28.2 Å². The zero-order chi connectivity index (χ0) is 15.3. The van der Waals surface area contributed by atoms with Gasteiger partial charge in [-0.2, -0.15) is 0 Å². The average molecular weight is 292 g/mol. The van der Waals surface area contributed by atoms with Gasteiger partial charge in [-0.05, 0) is 47.9 Å². The van der Waals surface area contributed by atoms with Crippen LogP contribution in [0, 0.1) is 6.92 Å². The van der Waals surface area contributed by atoms with Crippen molar-refractivity contribution in [3.05, 3.63) is 47.8 Å². The van der Waals surface area contributed by atoms with Crippen LogP contribution < -0.4 is 5.73 Å². The molecule has 0 aliphatic heterocycles. The number of hydrogen-bond donors (Lipinski definition) is 4. The first-order chi connectivity index (χ1) is 10.7. The summed E-state index contributed by atoms with van der Waals surface area (Å²) < 4.78 is 0. The number of hydrogen-bond acceptors (Lipinski definition) is 3. The molecule has 5 heteroatoms. The Labute approximate surface area is 126 Å². The van der Waals surface area contributed by atoms with Crippen molar-refractivity contribution in [3.63, 3.8) is 0 Å². The Balaban J connectivity index is 2.00. The molecular formula is C17H16N4O. The van der Waals surface area contributed by atoms with E-state index in [4.69, 9.17) is 5.73 Å². The predicted octanol–water partition coefficient (Wildman–Crippen LogP) is 3.09. The molecule has 0 saturated heterocycles. The van der Waals surface area contributed by atoms with Crippen LogP contribution >= 0.6 is 0 Å². The molecule has 0 amide bonds. The highest BCUT2D eigenvalue weighted by Gasteiger charge is 2.11. The fraction of sp³-hybridized carbons (Fsp3) is 0.118. The molecule has 0 saturated carbocycles. The molecule has 4 rings (SSSR count). The van der Waals surface area contributed by atoms with Crippen LogP contribution in [0.15, 0.2) is 36.5 Å². The number of nitrogens with zero attached hydrogens (tertiary/aromatic N) is 1. The number of anilines is 1. The smallest absolute Gasteiger partial charge is 0.140 e. The van der Waals surface area contributed by atoms with Crippen molar-refractivity contribution in [1.29, 1.82) is 0 Å². The molecule has 0 aliphatic carbocycles. The normalized spacial score (nSPS) is 11.5. The first kappa shape index (κ1) is 12.9. The van der Waals surface area contributed by atoms with Crippen molar-refractivity contribution in [1.82, 2.24) is 15.0 Å². The molecule has 0 unspecified atom stereocenters. The summed E-state index contributed by atoms with van der Waals surface area (Å²) >= 11 is 0. The molecular weight excluding hydrogens is 276 g/mol. The van der Waals surface area contributed by atoms with Crippen LogP contribution in [0.2, 0.25) is 0 Å². The second-order valence-electron chi connectivity index (χ2n) is 5.48. The summed E-state index contributed by atoms with van der Waals surface area (Å²) in [6.45, 7) is 2.03. The number of rotatable bonds is 2. The van der Waals surface area contributed by atoms with Crippen LogP contribution in [0.25, 0.3) is 33.1 Å². The molecule has 5 nitrogen and oxygen atoms in total. The highest BCUT2D eigenvalue weighted by atomic mass is 16.3. The van der Waals surface area contributed by atoms with E-state index in [1.165, 1.54) is 0 Å². The minimum atomic E-state index is 0.0140. The van der Waals surface area contributed by atoms with Gasteiger partial charge in [0.15, 0.2) is 0 Å². The summed E-state index contributed by atoms with van der Waals surface area (Å²) in [6, 6.07) is 10.1. The third kappa shape index (κ3) is 1.79. The lowest BCUT2D eigenvalue weighted by Crippen LogP contribution is -1.92. The van der Waals surface area contributed by atoms with E-state index in [1.54, 1.807) is 0 Å². The largest absolute Gasteiger partial charge is 0.390 e. The zero-order valence-corrected chi connectivity index (χ0v) is 12.1. The number of benzene rings is 1. The minimum Gasteiger partial charge on any atom is -0.390 e. The van der Waals surface area contributed by atoms with Crippen molar-refractivity contribution < 1.29 is 5.11 Å². The molecule has 0 radical (unpaired) electrons. The molecule has 0 spiro atoms. The van der Waals surface area contributed by atoms with Gasteiger partial charge in [0.05, 0.1) is 6.61 Å². The number of pyridine rings is 1. The van der Waals surface area contributed by atoms with Gasteiger partial charge in [0.2, 0.25) is 0 Å². The Morgan fingerprint density at radius 2 is 2.05 bits per heavy atom. The van der Waals surface area contributed by atoms with E-state index in [9.17, 15) is 5.11 Å². The van der Waals surface area contributed by atoms with Crippen molar-refractivity contribution >= 4 is 27.8 Å². The van der Waals surface area contributed by atoms with E-state index in [-0.39, 0.29) is 6.61 Å². The topological polar surface area (TPSA) is 90.7 Å². The van der Waals surface area contributed by atoms with Crippen LogP contribution in [0.4, 0.5) is 5.82 Å². The van der Waals surface area contributed by atoms with Crippen molar-refractivity contribution in [2.45, 2.75) is 13.5 Å². The van der Waals surface area contributed by atoms with Crippen LogP contribution in [-0.4, -0.2) is 20.1 Å². The summed E-state index contributed by atoms with van der Waals surface area (Å²) in [4.78, 5) is 10.6. The molecule has 0 bridgehead atoms. The van der Waals surface area contributed by atoms with Gasteiger partial charge in [-0.1, -0.05) is 6.07 Å². The lowest BCUT2D eigenvalue weighted by Gasteiger charge is -2.06. The molecule has 0 aliphatic rings. The van der Waals surface area contributed by atoms with Crippen molar-refractivity contribution in [3.8, 4) is 11.1 Å². The molecule has 3 aromatic heterocycles. The highest BCUT2D eigenvalue weighted by molar-refractivity contribution is 5.98. The first-order valence-corrected chi connectivity index (χ1v) is 7.13. The number of nitrogens with two attached hydrogens (primary N) is 1. The highest BCUT2D eigenvalue weighted by Crippen LogP contribution is 2.32. The summed E-state index contributed by atoms with van der Waals surface area (Å²) in [5, 5.41) is 11.6. The number of nitrogens with one attached hydrogen (secondary N) is 2. The van der Waals surface area contributed by atoms with E-state index in [0.717, 1.165) is 44.3 Å². The Bertz CT molecular complexity index is 997. The Hall–Kier alpha value is -2.79. The van der Waals surface area contributed by atoms with Crippen molar-refractivity contribution in [2.75, 3.05) is 5.73 Å². The third-order valence-electron chi connectivity index (χ3n) is 4.18. The molecule has 3 heterocycles. The maximum absolute atomic E-state index is 9.40. The van der Waals surface area contributed by atoms with Crippen molar-refractivity contribution in [2.24, 2.45) is 0 Å². The van der Waals surface area contributed by atoms with E-state index in [2.05, 4.69) is 27.1 Å². The summed E-state index contributed by atoms with van der Waals surface area (Å²) in [5.74, 6) is 0.492. The number of H-pyrrole nitrogens is 2. The molecule has 110 valence electrons. The zero-order valence-electron chi connectivity index (χ0n) is 12.1. The fourth-order valence-corrected chi connectivity index (χ4v) is 3.00. The SMILES string of the molecule is Cc1c(CO)[nH]c2ccc(-c3cc(N)nc4[nH]ccc34)cc12. The summed E-state index contributed by atoms with van der Waals surface area (Å²) in [7, 11) is 0. The Morgan fingerprint density at radius 1 is 1.18 bits per heavy atom. The fourth-order valence-electron chi connectivity index (χ4n) is 3.00. The minimum absolute atomic E-state index is 0.0140. The molecule has 0 atom stereocenters. The first-order valence-electron chi connectivity index (χ1n) is 7.13. The van der Waals surface area contributed by atoms with E-state index >= 15 is 0 Å². The van der Waals surface area contributed by atoms with Crippen LogP contribution in [0.5, 0.6) is 0 Å². The van der Waals surface area contributed by atoms with E-state index in [0.29, 0.717) is 5.82 Å². The quantitative estimate of drug-likeness (QED) is 0.457. The Kier molecular flexibility index (Phi) is 2.71. The van der Waals surface area contributed by atoms with Gasteiger partial charge >= 0.3 is 0 Å². The molecule has 5 N–H and O–H groups in total. The lowest BCUT2D eigenvalue weighted by atomic mass is 10.0. The second-order valence-corrected chi connectivity index (χ2v) is 5.48. The number of aromatic amines is 2. The van der Waals surface area contributed by atoms with E-state index in [1.807, 2.05) is 31.3 Å². The van der Waals surface area contributed by atoms with E-state index < -0.39 is 0 Å².